The second-order valence-corrected chi connectivity index (χ2v) is 17.5. The number of hydrogen-bond acceptors (Lipinski definition) is 6. The zero-order chi connectivity index (χ0) is 33.8. The summed E-state index contributed by atoms with van der Waals surface area (Å²) >= 11 is 6.21. The van der Waals surface area contributed by atoms with Gasteiger partial charge >= 0.3 is 0 Å². The molecule has 47 heavy (non-hydrogen) atoms. The average molecular weight is 702 g/mol. The molecule has 1 atom stereocenters. The van der Waals surface area contributed by atoms with Crippen LogP contribution in [0.4, 0.5) is 5.69 Å². The van der Waals surface area contributed by atoms with E-state index in [9.17, 15) is 16.8 Å². The van der Waals surface area contributed by atoms with Crippen molar-refractivity contribution in [3.8, 4) is 0 Å². The van der Waals surface area contributed by atoms with Crippen LogP contribution < -0.4 is 4.90 Å². The SMILES string of the molecule is Cc1cccc(CN2CCCN(S(=O)(=O)c3ccc(N(C)C)cc3)C[C@H](C)CN(S(=O)(=O)N3CCc4cc(Cl)ccc4C3)CCC2)c1. The van der Waals surface area contributed by atoms with Crippen LogP contribution in [0.2, 0.25) is 5.02 Å². The Balaban J connectivity index is 1.41. The number of anilines is 1. The monoisotopic (exact) mass is 701 g/mol. The number of aryl methyl sites for hydroxylation is 1. The van der Waals surface area contributed by atoms with Crippen molar-refractivity contribution in [2.45, 2.75) is 51.1 Å². The van der Waals surface area contributed by atoms with Gasteiger partial charge in [-0.2, -0.15) is 21.3 Å². The van der Waals surface area contributed by atoms with Crippen LogP contribution >= 0.6 is 11.6 Å². The summed E-state index contributed by atoms with van der Waals surface area (Å²) in [6, 6.07) is 21.0. The lowest BCUT2D eigenvalue weighted by atomic mass is 10.0. The quantitative estimate of drug-likeness (QED) is 0.335. The van der Waals surface area contributed by atoms with Crippen LogP contribution in [-0.4, -0.2) is 94.6 Å². The summed E-state index contributed by atoms with van der Waals surface area (Å²) < 4.78 is 61.3. The fraction of sp³-hybridized carbons (Fsp3) is 0.486. The van der Waals surface area contributed by atoms with Crippen LogP contribution in [0.25, 0.3) is 0 Å². The molecule has 0 amide bonds. The Labute approximate surface area is 286 Å². The van der Waals surface area contributed by atoms with E-state index >= 15 is 0 Å². The van der Waals surface area contributed by atoms with Crippen molar-refractivity contribution in [3.63, 3.8) is 0 Å². The molecule has 2 heterocycles. The fourth-order valence-electron chi connectivity index (χ4n) is 6.56. The van der Waals surface area contributed by atoms with Crippen LogP contribution in [-0.2, 0) is 39.7 Å². The number of fused-ring (bicyclic) bond motifs is 1. The Morgan fingerprint density at radius 1 is 0.787 bits per heavy atom. The Kier molecular flexibility index (Phi) is 11.7. The van der Waals surface area contributed by atoms with Crippen LogP contribution in [0, 0.1) is 12.8 Å². The summed E-state index contributed by atoms with van der Waals surface area (Å²) in [5.41, 5.74) is 5.34. The summed E-state index contributed by atoms with van der Waals surface area (Å²) in [5, 5.41) is 0.653. The molecule has 2 aliphatic heterocycles. The highest BCUT2D eigenvalue weighted by atomic mass is 35.5. The maximum atomic E-state index is 14.3. The van der Waals surface area contributed by atoms with E-state index in [0.717, 1.165) is 23.4 Å². The van der Waals surface area contributed by atoms with E-state index < -0.39 is 20.2 Å². The second-order valence-electron chi connectivity index (χ2n) is 13.2. The number of sulfonamides is 1. The van der Waals surface area contributed by atoms with Crippen LogP contribution in [0.1, 0.15) is 42.0 Å². The van der Waals surface area contributed by atoms with E-state index in [1.165, 1.54) is 11.1 Å². The summed E-state index contributed by atoms with van der Waals surface area (Å²) in [7, 11) is -3.79. The Morgan fingerprint density at radius 2 is 1.47 bits per heavy atom. The summed E-state index contributed by atoms with van der Waals surface area (Å²) in [5.74, 6) is -0.223. The predicted octanol–water partition coefficient (Wildman–Crippen LogP) is 5.24. The third kappa shape index (κ3) is 8.94. The molecule has 1 saturated heterocycles. The van der Waals surface area contributed by atoms with E-state index in [-0.39, 0.29) is 23.9 Å². The number of benzene rings is 3. The van der Waals surface area contributed by atoms with Crippen molar-refractivity contribution in [3.05, 3.63) is 94.0 Å². The average Bonchev–Trinajstić information content (AvgIpc) is 3.02. The molecule has 0 radical (unpaired) electrons. The molecule has 256 valence electrons. The van der Waals surface area contributed by atoms with Crippen LogP contribution in [0.15, 0.2) is 71.6 Å². The van der Waals surface area contributed by atoms with Gasteiger partial charge in [-0.05, 0) is 98.3 Å². The van der Waals surface area contributed by atoms with Gasteiger partial charge in [0.1, 0.15) is 0 Å². The molecular formula is C35H48ClN5O4S2. The first kappa shape index (κ1) is 35.8. The first-order valence-electron chi connectivity index (χ1n) is 16.4. The van der Waals surface area contributed by atoms with Crippen molar-refractivity contribution >= 4 is 37.5 Å². The highest BCUT2D eigenvalue weighted by molar-refractivity contribution is 7.89. The van der Waals surface area contributed by atoms with E-state index in [1.54, 1.807) is 31.1 Å². The minimum absolute atomic E-state index is 0.223. The number of rotatable bonds is 7. The van der Waals surface area contributed by atoms with E-state index in [2.05, 4.69) is 36.1 Å². The summed E-state index contributed by atoms with van der Waals surface area (Å²) in [4.78, 5) is 4.50. The number of halogens is 1. The van der Waals surface area contributed by atoms with Crippen molar-refractivity contribution in [2.75, 3.05) is 64.8 Å². The van der Waals surface area contributed by atoms with Crippen molar-refractivity contribution in [1.29, 1.82) is 0 Å². The molecule has 3 aromatic carbocycles. The third-order valence-electron chi connectivity index (χ3n) is 9.07. The van der Waals surface area contributed by atoms with Gasteiger partial charge in [0, 0.05) is 70.6 Å². The molecular weight excluding hydrogens is 654 g/mol. The normalized spacial score (nSPS) is 20.2. The fourth-order valence-corrected chi connectivity index (χ4v) is 10.1. The number of nitrogens with zero attached hydrogens (tertiary/aromatic N) is 5. The summed E-state index contributed by atoms with van der Waals surface area (Å²) in [6.45, 7) is 7.99. The van der Waals surface area contributed by atoms with Crippen LogP contribution in [0.3, 0.4) is 0 Å². The minimum atomic E-state index is -3.82. The third-order valence-corrected chi connectivity index (χ3v) is 13.1. The van der Waals surface area contributed by atoms with Gasteiger partial charge in [0.05, 0.1) is 4.90 Å². The highest BCUT2D eigenvalue weighted by Crippen LogP contribution is 2.27. The van der Waals surface area contributed by atoms with E-state index in [4.69, 9.17) is 11.6 Å². The molecule has 5 rings (SSSR count). The van der Waals surface area contributed by atoms with Gasteiger partial charge in [0.15, 0.2) is 0 Å². The zero-order valence-electron chi connectivity index (χ0n) is 28.0. The van der Waals surface area contributed by atoms with E-state index in [1.807, 2.05) is 50.2 Å². The summed E-state index contributed by atoms with van der Waals surface area (Å²) in [6.07, 6.45) is 1.95. The molecule has 9 nitrogen and oxygen atoms in total. The highest BCUT2D eigenvalue weighted by Gasteiger charge is 2.35. The van der Waals surface area contributed by atoms with Gasteiger partial charge in [-0.3, -0.25) is 4.90 Å². The molecule has 0 bridgehead atoms. The first-order valence-corrected chi connectivity index (χ1v) is 19.6. The topological polar surface area (TPSA) is 84.5 Å². The Hall–Kier alpha value is -2.51. The molecule has 0 saturated carbocycles. The van der Waals surface area contributed by atoms with Gasteiger partial charge in [0.2, 0.25) is 10.0 Å². The van der Waals surface area contributed by atoms with Crippen molar-refractivity contribution in [1.82, 2.24) is 17.8 Å². The van der Waals surface area contributed by atoms with Crippen molar-refractivity contribution in [2.24, 2.45) is 5.92 Å². The molecule has 2 aliphatic rings. The second kappa shape index (κ2) is 15.4. The first-order chi connectivity index (χ1) is 22.3. The maximum absolute atomic E-state index is 14.3. The van der Waals surface area contributed by atoms with Crippen LogP contribution in [0.5, 0.6) is 0 Å². The smallest absolute Gasteiger partial charge is 0.282 e. The van der Waals surface area contributed by atoms with E-state index in [0.29, 0.717) is 63.6 Å². The molecule has 1 fully saturated rings. The van der Waals surface area contributed by atoms with Gasteiger partial charge in [0.25, 0.3) is 10.2 Å². The minimum Gasteiger partial charge on any atom is -0.378 e. The molecule has 0 unspecified atom stereocenters. The van der Waals surface area contributed by atoms with Gasteiger partial charge in [-0.25, -0.2) is 8.42 Å². The van der Waals surface area contributed by atoms with Gasteiger partial charge in [-0.1, -0.05) is 54.4 Å². The lowest BCUT2D eigenvalue weighted by molar-refractivity contribution is 0.213. The molecule has 3 aromatic rings. The molecule has 0 spiro atoms. The Bertz CT molecular complexity index is 1730. The molecule has 0 N–H and O–H groups in total. The molecule has 12 heteroatoms. The standard InChI is InChI=1S/C35H48ClN5O4S2/c1-28-8-5-9-30(22-28)26-38-17-6-19-39(46(42,43)35-14-12-34(13-15-35)37(3)4)24-29(2)25-40(20-7-18-38)47(44,45)41-21-16-31-23-33(36)11-10-32(31)27-41/h5,8-15,22-23,29H,6-7,16-21,24-27H2,1-4H3/t29-/m0/s1. The maximum Gasteiger partial charge on any atom is 0.282 e. The predicted molar refractivity (Wildman–Crippen MR) is 190 cm³/mol. The molecule has 0 aromatic heterocycles. The molecule has 0 aliphatic carbocycles. The number of hydrogen-bond donors (Lipinski definition) is 0. The van der Waals surface area contributed by atoms with Crippen molar-refractivity contribution < 1.29 is 16.8 Å². The lowest BCUT2D eigenvalue weighted by Gasteiger charge is -2.36. The van der Waals surface area contributed by atoms with Gasteiger partial charge in [-0.15, -0.1) is 0 Å². The largest absolute Gasteiger partial charge is 0.378 e. The Morgan fingerprint density at radius 3 is 2.15 bits per heavy atom. The lowest BCUT2D eigenvalue weighted by Crippen LogP contribution is -2.49. The van der Waals surface area contributed by atoms with Gasteiger partial charge < -0.3 is 4.90 Å². The zero-order valence-corrected chi connectivity index (χ0v) is 30.4.